The van der Waals surface area contributed by atoms with Gasteiger partial charge in [-0.3, -0.25) is 9.69 Å². The van der Waals surface area contributed by atoms with Crippen molar-refractivity contribution in [3.8, 4) is 0 Å². The second kappa shape index (κ2) is 7.01. The summed E-state index contributed by atoms with van der Waals surface area (Å²) < 4.78 is 13.6. The lowest BCUT2D eigenvalue weighted by molar-refractivity contribution is -0.113. The minimum Gasteiger partial charge on any atom is -0.373 e. The van der Waals surface area contributed by atoms with E-state index in [9.17, 15) is 9.18 Å². The number of carbonyl (C=O) groups is 1. The molecule has 0 aromatic heterocycles. The van der Waals surface area contributed by atoms with E-state index < -0.39 is 0 Å². The first-order valence-electron chi connectivity index (χ1n) is 7.89. The maximum atomic E-state index is 13.1. The van der Waals surface area contributed by atoms with Crippen LogP contribution in [0.5, 0.6) is 0 Å². The van der Waals surface area contributed by atoms with Crippen molar-refractivity contribution in [3.63, 3.8) is 0 Å². The summed E-state index contributed by atoms with van der Waals surface area (Å²) in [6.45, 7) is 3.17. The van der Waals surface area contributed by atoms with E-state index in [-0.39, 0.29) is 11.7 Å². The van der Waals surface area contributed by atoms with Gasteiger partial charge in [0.1, 0.15) is 5.82 Å². The molecule has 1 aromatic carbocycles. The Labute approximate surface area is 145 Å². The van der Waals surface area contributed by atoms with Crippen molar-refractivity contribution in [2.45, 2.75) is 38.6 Å². The van der Waals surface area contributed by atoms with Gasteiger partial charge in [0.25, 0.3) is 5.91 Å². The predicted octanol–water partition coefficient (Wildman–Crippen LogP) is 4.30. The Morgan fingerprint density at radius 2 is 2.09 bits per heavy atom. The molecule has 0 spiro atoms. The van der Waals surface area contributed by atoms with Gasteiger partial charge in [-0.25, -0.2) is 4.39 Å². The molecule has 6 heteroatoms. The lowest BCUT2D eigenvalue weighted by atomic mass is 10.0. The number of halogens is 1. The Hall–Kier alpha value is -1.40. The molecule has 2 heterocycles. The highest BCUT2D eigenvalue weighted by atomic mass is 32.2. The Balaban J connectivity index is 1.83. The average Bonchev–Trinajstić information content (AvgIpc) is 2.83. The first-order valence-corrected chi connectivity index (χ1v) is 9.12. The number of amides is 1. The zero-order valence-electron chi connectivity index (χ0n) is 13.0. The van der Waals surface area contributed by atoms with Crippen LogP contribution in [0, 0.1) is 5.82 Å². The smallest absolute Gasteiger partial charge is 0.272 e. The van der Waals surface area contributed by atoms with E-state index in [4.69, 9.17) is 12.2 Å². The number of anilines is 1. The number of hydrogen-bond donors (Lipinski definition) is 0. The molecule has 0 N–H and O–H groups in total. The van der Waals surface area contributed by atoms with E-state index in [1.807, 2.05) is 6.20 Å². The molecule has 1 aromatic rings. The minimum atomic E-state index is -0.325. The molecule has 2 saturated heterocycles. The van der Waals surface area contributed by atoms with Crippen molar-refractivity contribution in [1.29, 1.82) is 0 Å². The summed E-state index contributed by atoms with van der Waals surface area (Å²) >= 11 is 6.67. The maximum Gasteiger partial charge on any atom is 0.272 e. The van der Waals surface area contributed by atoms with Crippen LogP contribution in [0.3, 0.4) is 0 Å². The third-order valence-corrected chi connectivity index (χ3v) is 5.60. The van der Waals surface area contributed by atoms with E-state index in [1.54, 1.807) is 12.1 Å². The van der Waals surface area contributed by atoms with E-state index in [2.05, 4.69) is 11.8 Å². The second-order valence-electron chi connectivity index (χ2n) is 5.77. The van der Waals surface area contributed by atoms with Crippen LogP contribution in [0.4, 0.5) is 10.1 Å². The van der Waals surface area contributed by atoms with Gasteiger partial charge in [0.2, 0.25) is 0 Å². The molecule has 2 fully saturated rings. The number of thiocarbonyl (C=S) groups is 1. The number of thioether (sulfide) groups is 1. The molecule has 1 amide bonds. The Kier molecular flexibility index (Phi) is 5.02. The molecule has 0 radical (unpaired) electrons. The van der Waals surface area contributed by atoms with Crippen molar-refractivity contribution in [2.75, 3.05) is 11.4 Å². The summed E-state index contributed by atoms with van der Waals surface area (Å²) in [7, 11) is 0. The number of rotatable bonds is 3. The molecular formula is C17H19FN2OS2. The van der Waals surface area contributed by atoms with Crippen molar-refractivity contribution >= 4 is 39.9 Å². The topological polar surface area (TPSA) is 23.6 Å². The molecule has 3 nitrogen and oxygen atoms in total. The molecule has 0 aliphatic carbocycles. The number of benzene rings is 1. The Morgan fingerprint density at radius 1 is 1.35 bits per heavy atom. The highest BCUT2D eigenvalue weighted by Crippen LogP contribution is 2.36. The van der Waals surface area contributed by atoms with Crippen LogP contribution < -0.4 is 4.90 Å². The summed E-state index contributed by atoms with van der Waals surface area (Å²) in [5.74, 6) is -0.444. The molecule has 3 rings (SSSR count). The van der Waals surface area contributed by atoms with Gasteiger partial charge in [-0.15, -0.1) is 0 Å². The summed E-state index contributed by atoms with van der Waals surface area (Å²) in [5.41, 5.74) is 0.614. The first-order chi connectivity index (χ1) is 11.1. The Morgan fingerprint density at radius 3 is 2.78 bits per heavy atom. The van der Waals surface area contributed by atoms with Gasteiger partial charge in [0, 0.05) is 18.8 Å². The number of piperidine rings is 1. The molecule has 2 aliphatic rings. The molecule has 0 unspecified atom stereocenters. The van der Waals surface area contributed by atoms with Crippen LogP contribution >= 0.6 is 24.0 Å². The second-order valence-corrected chi connectivity index (χ2v) is 7.45. The Bertz CT molecular complexity index is 644. The monoisotopic (exact) mass is 350 g/mol. The maximum absolute atomic E-state index is 13.1. The fourth-order valence-electron chi connectivity index (χ4n) is 3.05. The van der Waals surface area contributed by atoms with Crippen LogP contribution in [0.15, 0.2) is 35.4 Å². The number of hydrogen-bond acceptors (Lipinski definition) is 4. The zero-order valence-corrected chi connectivity index (χ0v) is 14.6. The van der Waals surface area contributed by atoms with Gasteiger partial charge in [-0.1, -0.05) is 30.9 Å². The van der Waals surface area contributed by atoms with Crippen molar-refractivity contribution < 1.29 is 9.18 Å². The molecule has 0 bridgehead atoms. The highest BCUT2D eigenvalue weighted by Gasteiger charge is 2.34. The lowest BCUT2D eigenvalue weighted by Gasteiger charge is -2.34. The van der Waals surface area contributed by atoms with E-state index in [0.717, 1.165) is 19.4 Å². The van der Waals surface area contributed by atoms with Gasteiger partial charge < -0.3 is 4.90 Å². The predicted molar refractivity (Wildman–Crippen MR) is 96.8 cm³/mol. The lowest BCUT2D eigenvalue weighted by Crippen LogP contribution is -2.35. The van der Waals surface area contributed by atoms with Gasteiger partial charge >= 0.3 is 0 Å². The number of carbonyl (C=O) groups excluding carboxylic acids is 1. The molecule has 1 atom stereocenters. The zero-order chi connectivity index (χ0) is 16.4. The van der Waals surface area contributed by atoms with Gasteiger partial charge in [0.15, 0.2) is 4.32 Å². The summed E-state index contributed by atoms with van der Waals surface area (Å²) in [6.07, 6.45) is 6.63. The number of likely N-dealkylation sites (tertiary alicyclic amines) is 1. The largest absolute Gasteiger partial charge is 0.373 e. The van der Waals surface area contributed by atoms with Crippen molar-refractivity contribution in [2.24, 2.45) is 0 Å². The summed E-state index contributed by atoms with van der Waals surface area (Å²) in [6, 6.07) is 6.35. The van der Waals surface area contributed by atoms with Crippen LogP contribution in [0.25, 0.3) is 0 Å². The SMILES string of the molecule is CC[C@H]1CCCCN1/C=C1/SC(=S)N(c2ccc(F)cc2)C1=O. The average molecular weight is 350 g/mol. The third-order valence-electron chi connectivity index (χ3n) is 4.31. The molecule has 2 aliphatic heterocycles. The summed E-state index contributed by atoms with van der Waals surface area (Å²) in [4.78, 5) is 17.1. The van der Waals surface area contributed by atoms with Crippen LogP contribution in [0.2, 0.25) is 0 Å². The minimum absolute atomic E-state index is 0.118. The standard InChI is InChI=1S/C17H19FN2OS2/c1-2-13-5-3-4-10-19(13)11-15-16(21)20(17(22)23-15)14-8-6-12(18)7-9-14/h6-9,11,13H,2-5,10H2,1H3/b15-11+/t13-/m0/s1. The highest BCUT2D eigenvalue weighted by molar-refractivity contribution is 8.27. The molecule has 23 heavy (non-hydrogen) atoms. The van der Waals surface area contributed by atoms with E-state index in [0.29, 0.717) is 21.0 Å². The van der Waals surface area contributed by atoms with Gasteiger partial charge in [-0.05, 0) is 49.9 Å². The van der Waals surface area contributed by atoms with E-state index >= 15 is 0 Å². The van der Waals surface area contributed by atoms with Crippen LogP contribution in [0.1, 0.15) is 32.6 Å². The van der Waals surface area contributed by atoms with Crippen LogP contribution in [-0.2, 0) is 4.79 Å². The fraction of sp³-hybridized carbons (Fsp3) is 0.412. The number of nitrogens with zero attached hydrogens (tertiary/aromatic N) is 2. The van der Waals surface area contributed by atoms with Crippen LogP contribution in [-0.4, -0.2) is 27.7 Å². The fourth-order valence-corrected chi connectivity index (χ4v) is 4.34. The van der Waals surface area contributed by atoms with Crippen molar-refractivity contribution in [3.05, 3.63) is 41.2 Å². The van der Waals surface area contributed by atoms with Gasteiger partial charge in [-0.2, -0.15) is 0 Å². The molecule has 122 valence electrons. The quantitative estimate of drug-likeness (QED) is 0.599. The van der Waals surface area contributed by atoms with Crippen molar-refractivity contribution in [1.82, 2.24) is 4.90 Å². The molecular weight excluding hydrogens is 331 g/mol. The van der Waals surface area contributed by atoms with E-state index in [1.165, 1.54) is 41.6 Å². The normalized spacial score (nSPS) is 23.9. The third kappa shape index (κ3) is 3.43. The first kappa shape index (κ1) is 16.5. The summed E-state index contributed by atoms with van der Waals surface area (Å²) in [5, 5.41) is 0. The van der Waals surface area contributed by atoms with Gasteiger partial charge in [0.05, 0.1) is 10.6 Å². The molecule has 0 saturated carbocycles.